The second-order valence-corrected chi connectivity index (χ2v) is 2.02. The van der Waals surface area contributed by atoms with E-state index >= 15 is 0 Å². The predicted molar refractivity (Wildman–Crippen MR) is 26.7 cm³/mol. The molecule has 2 heteroatoms. The van der Waals surface area contributed by atoms with Crippen LogP contribution < -0.4 is 0 Å². The molecular weight excluding hydrogens is 291 g/mol. The van der Waals surface area contributed by atoms with Crippen LogP contribution in [-0.4, -0.2) is 48.2 Å². The van der Waals surface area contributed by atoms with Crippen LogP contribution in [0.4, 0.5) is 0 Å². The third kappa shape index (κ3) is 5.19. The fraction of sp³-hybridized carbons (Fsp3) is 0. The fourth-order valence-electron chi connectivity index (χ4n) is 0.0321. The first-order valence-electron chi connectivity index (χ1n) is 1.14. The maximum absolute atomic E-state index is 2.01. The van der Waals surface area contributed by atoms with Crippen LogP contribution in [0, 0.1) is 0 Å². The summed E-state index contributed by atoms with van der Waals surface area (Å²) in [5.74, 6) is 0. The van der Waals surface area contributed by atoms with E-state index in [-0.39, 0.29) is 0 Å². The Morgan fingerprint density at radius 3 is 2.00 bits per heavy atom. The molecule has 0 fully saturated rings. The Kier molecular flexibility index (Phi) is 6.42. The molecule has 0 nitrogen and oxygen atoms in total. The van der Waals surface area contributed by atoms with Crippen LogP contribution in [0.15, 0.2) is 10.2 Å². The van der Waals surface area contributed by atoms with Gasteiger partial charge in [-0.2, -0.15) is 0 Å². The zero-order valence-corrected chi connectivity index (χ0v) is 7.21. The standard InChI is InChI=1S/C3H3Te2/c4-2-1-3-5/h1-3H. The fourth-order valence-corrected chi connectivity index (χ4v) is 1.44. The molecule has 0 rings (SSSR count). The van der Waals surface area contributed by atoms with Crippen LogP contribution in [0.25, 0.3) is 0 Å². The number of rotatable bonds is 1. The zero-order valence-electron chi connectivity index (χ0n) is 2.55. The molecular formula is C3H3Te2. The summed E-state index contributed by atoms with van der Waals surface area (Å²) in [5, 5.41) is 0. The molecule has 0 aromatic carbocycles. The Balaban J connectivity index is 2.92. The molecule has 0 amide bonds. The molecule has 27 valence electrons. The minimum absolute atomic E-state index is 1.94. The molecule has 0 bridgehead atoms. The van der Waals surface area contributed by atoms with Crippen molar-refractivity contribution in [3.63, 3.8) is 0 Å². The third-order valence-electron chi connectivity index (χ3n) is 0.157. The molecule has 0 heterocycles. The first kappa shape index (κ1) is 6.19. The Morgan fingerprint density at radius 1 is 1.40 bits per heavy atom. The van der Waals surface area contributed by atoms with Crippen molar-refractivity contribution in [2.24, 2.45) is 0 Å². The van der Waals surface area contributed by atoms with Gasteiger partial charge in [-0.1, -0.05) is 0 Å². The molecule has 0 aromatic heterocycles. The molecule has 0 N–H and O–H groups in total. The van der Waals surface area contributed by atoms with Crippen molar-refractivity contribution in [3.05, 3.63) is 10.2 Å². The summed E-state index contributed by atoms with van der Waals surface area (Å²) in [4.78, 5) is 0. The molecule has 0 atom stereocenters. The van der Waals surface area contributed by atoms with Crippen LogP contribution in [0.2, 0.25) is 0 Å². The molecule has 0 saturated heterocycles. The van der Waals surface area contributed by atoms with Crippen LogP contribution in [0.3, 0.4) is 0 Å². The van der Waals surface area contributed by atoms with Crippen molar-refractivity contribution in [1.29, 1.82) is 0 Å². The van der Waals surface area contributed by atoms with Gasteiger partial charge in [-0.05, 0) is 0 Å². The molecule has 0 aliphatic heterocycles. The minimum atomic E-state index is 1.94. The SMILES string of the molecule is [Te]C=CC=[Te]. The van der Waals surface area contributed by atoms with Crippen molar-refractivity contribution < 1.29 is 0 Å². The Hall–Kier alpha value is 1.19. The van der Waals surface area contributed by atoms with Gasteiger partial charge in [-0.3, -0.25) is 0 Å². The van der Waals surface area contributed by atoms with E-state index in [1.54, 1.807) is 0 Å². The summed E-state index contributed by atoms with van der Waals surface area (Å²) in [5.41, 5.74) is 0. The maximum atomic E-state index is 2.01. The molecule has 0 saturated carbocycles. The molecule has 0 spiro atoms. The molecule has 0 unspecified atom stereocenters. The summed E-state index contributed by atoms with van der Waals surface area (Å²) in [6, 6.07) is 0. The molecule has 5 heavy (non-hydrogen) atoms. The van der Waals surface area contributed by atoms with Crippen molar-refractivity contribution >= 4 is 48.2 Å². The van der Waals surface area contributed by atoms with Crippen molar-refractivity contribution in [1.82, 2.24) is 0 Å². The van der Waals surface area contributed by atoms with Crippen LogP contribution >= 0.6 is 0 Å². The quantitative estimate of drug-likeness (QED) is 0.580. The summed E-state index contributed by atoms with van der Waals surface area (Å²) in [7, 11) is 0. The van der Waals surface area contributed by atoms with Gasteiger partial charge in [-0.15, -0.1) is 0 Å². The van der Waals surface area contributed by atoms with E-state index in [1.807, 2.05) is 58.4 Å². The summed E-state index contributed by atoms with van der Waals surface area (Å²) in [6.45, 7) is 0. The normalized spacial score (nSPS) is 8.80. The van der Waals surface area contributed by atoms with E-state index in [0.29, 0.717) is 0 Å². The van der Waals surface area contributed by atoms with Gasteiger partial charge in [-0.25, -0.2) is 0 Å². The van der Waals surface area contributed by atoms with E-state index < -0.39 is 0 Å². The van der Waals surface area contributed by atoms with Gasteiger partial charge in [0.1, 0.15) is 0 Å². The monoisotopic (exact) mass is 299 g/mol. The van der Waals surface area contributed by atoms with Gasteiger partial charge in [0.25, 0.3) is 0 Å². The van der Waals surface area contributed by atoms with E-state index in [2.05, 4.69) is 0 Å². The van der Waals surface area contributed by atoms with Crippen LogP contribution in [-0.2, 0) is 0 Å². The van der Waals surface area contributed by atoms with Gasteiger partial charge >= 0.3 is 58.4 Å². The predicted octanol–water partition coefficient (Wildman–Crippen LogP) is -0.361. The van der Waals surface area contributed by atoms with E-state index in [4.69, 9.17) is 0 Å². The molecule has 0 aromatic rings. The van der Waals surface area contributed by atoms with Crippen LogP contribution in [0.1, 0.15) is 0 Å². The average Bonchev–Trinajstić information content (AvgIpc) is 1.41. The average molecular weight is 294 g/mol. The van der Waals surface area contributed by atoms with Gasteiger partial charge in [0, 0.05) is 0 Å². The van der Waals surface area contributed by atoms with E-state index in [1.165, 1.54) is 0 Å². The Morgan fingerprint density at radius 2 is 2.00 bits per heavy atom. The van der Waals surface area contributed by atoms with Crippen molar-refractivity contribution in [2.75, 3.05) is 0 Å². The summed E-state index contributed by atoms with van der Waals surface area (Å²) >= 11 is 3.89. The van der Waals surface area contributed by atoms with E-state index in [9.17, 15) is 0 Å². The van der Waals surface area contributed by atoms with E-state index in [0.717, 1.165) is 0 Å². The zero-order chi connectivity index (χ0) is 4.12. The van der Waals surface area contributed by atoms with Gasteiger partial charge in [0.2, 0.25) is 0 Å². The van der Waals surface area contributed by atoms with Gasteiger partial charge < -0.3 is 0 Å². The van der Waals surface area contributed by atoms with Crippen molar-refractivity contribution in [2.45, 2.75) is 0 Å². The molecule has 0 aliphatic carbocycles. The topological polar surface area (TPSA) is 0 Å². The second kappa shape index (κ2) is 5.19. The van der Waals surface area contributed by atoms with Crippen LogP contribution in [0.5, 0.6) is 0 Å². The summed E-state index contributed by atoms with van der Waals surface area (Å²) in [6.07, 6.45) is 2.01. The third-order valence-corrected chi connectivity index (χ3v) is 1.05. The first-order valence-corrected chi connectivity index (χ1v) is 3.83. The number of hydrogen-bond donors (Lipinski definition) is 0. The molecule has 1 radical (unpaired) electrons. The molecule has 0 aliphatic rings. The number of allylic oxidation sites excluding steroid dienone is 1. The van der Waals surface area contributed by atoms with Gasteiger partial charge in [0.15, 0.2) is 0 Å². The number of hydrogen-bond acceptors (Lipinski definition) is 0. The summed E-state index contributed by atoms with van der Waals surface area (Å²) < 4.78 is 4.03. The second-order valence-electron chi connectivity index (χ2n) is 0.465. The Bertz CT molecular complexity index is 46.9. The van der Waals surface area contributed by atoms with Crippen molar-refractivity contribution in [3.8, 4) is 0 Å². The Labute approximate surface area is 57.9 Å². The first-order chi connectivity index (χ1) is 2.41. The van der Waals surface area contributed by atoms with Gasteiger partial charge in [0.05, 0.1) is 0 Å².